The average molecular weight is 1080 g/mol. The van der Waals surface area contributed by atoms with Crippen LogP contribution in [0.1, 0.15) is 316 Å². The lowest BCUT2D eigenvalue weighted by Crippen LogP contribution is -2.45. The fraction of sp³-hybridized carbons (Fsp3) is 0.864. The summed E-state index contributed by atoms with van der Waals surface area (Å²) in [5.41, 5.74) is 0. The van der Waals surface area contributed by atoms with E-state index in [0.29, 0.717) is 17.4 Å². The van der Waals surface area contributed by atoms with E-state index >= 15 is 0 Å². The number of rotatable bonds is 60. The first-order valence-corrected chi connectivity index (χ1v) is 34.0. The molecule has 9 heteroatoms. The number of allylic oxidation sites excluding steroid dienone is 7. The fourth-order valence-electron chi connectivity index (χ4n) is 9.69. The standard InChI is InChI=1S/C66H127N2O6P/c1-6-8-10-12-14-16-18-20-22-24-26-27-28-29-30-31-32-33-34-35-36-37-38-39-40-41-42-44-46-48-50-52-54-56-58-60-66(70)67-64(63-74-75(71,72)73-62-61-68(3,4)5)65(69)59-57-55-53-51-49-47-45-43-25-23-21-19-17-15-13-11-9-7-2/h18,20,24,26,28-29,57,59,64-65,69H,6-17,19,21-23,25,27,30-56,58,60-63H2,1-5H3,(H-,67,70,71,72)/b20-18-,26-24-,29-28-,59-57+. The van der Waals surface area contributed by atoms with E-state index < -0.39 is 20.0 Å². The van der Waals surface area contributed by atoms with Crippen molar-refractivity contribution in [3.8, 4) is 0 Å². The second-order valence-corrected chi connectivity index (χ2v) is 24.9. The zero-order valence-electron chi connectivity index (χ0n) is 50.5. The molecule has 0 spiro atoms. The molecule has 1 amide bonds. The van der Waals surface area contributed by atoms with Gasteiger partial charge in [-0.15, -0.1) is 0 Å². The molecule has 0 saturated carbocycles. The molecule has 3 unspecified atom stereocenters. The van der Waals surface area contributed by atoms with Crippen LogP contribution in [0.5, 0.6) is 0 Å². The van der Waals surface area contributed by atoms with Gasteiger partial charge in [-0.2, -0.15) is 0 Å². The first-order chi connectivity index (χ1) is 36.5. The maximum Gasteiger partial charge on any atom is 0.268 e. The highest BCUT2D eigenvalue weighted by Gasteiger charge is 2.23. The van der Waals surface area contributed by atoms with Gasteiger partial charge in [-0.1, -0.05) is 300 Å². The van der Waals surface area contributed by atoms with Crippen LogP contribution in [0.25, 0.3) is 0 Å². The van der Waals surface area contributed by atoms with Crippen LogP contribution in [0, 0.1) is 0 Å². The first-order valence-electron chi connectivity index (χ1n) is 32.5. The van der Waals surface area contributed by atoms with E-state index in [1.807, 2.05) is 27.2 Å². The molecule has 0 fully saturated rings. The van der Waals surface area contributed by atoms with Crippen LogP contribution in [0.15, 0.2) is 48.6 Å². The quantitative estimate of drug-likeness (QED) is 0.0272. The number of hydrogen-bond acceptors (Lipinski definition) is 6. The zero-order valence-corrected chi connectivity index (χ0v) is 51.4. The Labute approximate surface area is 467 Å². The van der Waals surface area contributed by atoms with E-state index in [-0.39, 0.29) is 19.1 Å². The molecule has 75 heavy (non-hydrogen) atoms. The van der Waals surface area contributed by atoms with Crippen molar-refractivity contribution in [1.82, 2.24) is 5.32 Å². The van der Waals surface area contributed by atoms with E-state index in [1.165, 1.54) is 244 Å². The third kappa shape index (κ3) is 60.0. The lowest BCUT2D eigenvalue weighted by Gasteiger charge is -2.29. The number of hydrogen-bond donors (Lipinski definition) is 2. The minimum Gasteiger partial charge on any atom is -0.756 e. The lowest BCUT2D eigenvalue weighted by molar-refractivity contribution is -0.870. The van der Waals surface area contributed by atoms with Gasteiger partial charge in [-0.25, -0.2) is 0 Å². The van der Waals surface area contributed by atoms with E-state index in [4.69, 9.17) is 9.05 Å². The molecule has 0 aliphatic rings. The van der Waals surface area contributed by atoms with E-state index in [9.17, 15) is 19.4 Å². The van der Waals surface area contributed by atoms with Crippen LogP contribution in [-0.2, 0) is 18.4 Å². The van der Waals surface area contributed by atoms with E-state index in [1.54, 1.807) is 6.08 Å². The SMILES string of the molecule is CCCCCCC/C=C\C/C=C\C/C=C\CCCCCCCCCCCCCCCCCCCCCCC(=O)NC(COP(=O)([O-])OCC[N+](C)(C)C)C(O)/C=C/CCCCCCCCCCCCCCCCCC. The van der Waals surface area contributed by atoms with Crippen molar-refractivity contribution in [3.63, 3.8) is 0 Å². The Kier molecular flexibility index (Phi) is 56.0. The molecule has 0 saturated heterocycles. The van der Waals surface area contributed by atoms with Gasteiger partial charge < -0.3 is 28.8 Å². The molecule has 0 bridgehead atoms. The van der Waals surface area contributed by atoms with Crippen molar-refractivity contribution in [2.45, 2.75) is 328 Å². The Bertz CT molecular complexity index is 1360. The van der Waals surface area contributed by atoms with Crippen LogP contribution in [0.3, 0.4) is 0 Å². The summed E-state index contributed by atoms with van der Waals surface area (Å²) in [6.45, 7) is 4.67. The molecular weight excluding hydrogens is 948 g/mol. The van der Waals surface area contributed by atoms with Crippen molar-refractivity contribution >= 4 is 13.7 Å². The number of phosphoric ester groups is 1. The number of aliphatic hydroxyl groups excluding tert-OH is 1. The van der Waals surface area contributed by atoms with Crippen molar-refractivity contribution < 1.29 is 32.9 Å². The number of aliphatic hydroxyl groups is 1. The molecule has 0 aliphatic heterocycles. The molecule has 0 rings (SSSR count). The molecule has 0 aromatic carbocycles. The second-order valence-electron chi connectivity index (χ2n) is 23.5. The van der Waals surface area contributed by atoms with Gasteiger partial charge in [0, 0.05) is 6.42 Å². The van der Waals surface area contributed by atoms with Gasteiger partial charge in [0.25, 0.3) is 7.82 Å². The highest BCUT2D eigenvalue weighted by molar-refractivity contribution is 7.45. The predicted octanol–water partition coefficient (Wildman–Crippen LogP) is 19.6. The topological polar surface area (TPSA) is 108 Å². The van der Waals surface area contributed by atoms with Gasteiger partial charge >= 0.3 is 0 Å². The number of unbranched alkanes of at least 4 members (excludes halogenated alkanes) is 41. The van der Waals surface area contributed by atoms with E-state index in [0.717, 1.165) is 51.4 Å². The number of nitrogens with one attached hydrogen (secondary N) is 1. The van der Waals surface area contributed by atoms with Crippen LogP contribution in [0.4, 0.5) is 0 Å². The third-order valence-electron chi connectivity index (χ3n) is 14.8. The molecule has 0 aliphatic carbocycles. The Balaban J connectivity index is 4.01. The lowest BCUT2D eigenvalue weighted by atomic mass is 10.0. The van der Waals surface area contributed by atoms with Gasteiger partial charge in [0.1, 0.15) is 13.2 Å². The van der Waals surface area contributed by atoms with Crippen LogP contribution < -0.4 is 10.2 Å². The second kappa shape index (κ2) is 57.2. The Morgan fingerprint density at radius 2 is 0.773 bits per heavy atom. The molecular formula is C66H127N2O6P. The summed E-state index contributed by atoms with van der Waals surface area (Å²) in [5, 5.41) is 13.9. The molecule has 0 heterocycles. The summed E-state index contributed by atoms with van der Waals surface area (Å²) < 4.78 is 23.4. The number of carbonyl (C=O) groups excluding carboxylic acids is 1. The predicted molar refractivity (Wildman–Crippen MR) is 325 cm³/mol. The van der Waals surface area contributed by atoms with Crippen LogP contribution >= 0.6 is 7.82 Å². The van der Waals surface area contributed by atoms with Crippen molar-refractivity contribution in [1.29, 1.82) is 0 Å². The summed E-state index contributed by atoms with van der Waals surface area (Å²) in [6, 6.07) is -0.886. The Morgan fingerprint density at radius 1 is 0.467 bits per heavy atom. The first kappa shape index (κ1) is 73.5. The van der Waals surface area contributed by atoms with Crippen molar-refractivity contribution in [3.05, 3.63) is 48.6 Å². The molecule has 3 atom stereocenters. The highest BCUT2D eigenvalue weighted by atomic mass is 31.2. The van der Waals surface area contributed by atoms with Gasteiger partial charge in [0.2, 0.25) is 5.91 Å². The van der Waals surface area contributed by atoms with Gasteiger partial charge in [0.05, 0.1) is 39.9 Å². The normalized spacial score (nSPS) is 14.1. The number of likely N-dealkylation sites (N-methyl/N-ethyl adjacent to an activating group) is 1. The smallest absolute Gasteiger partial charge is 0.268 e. The molecule has 0 aromatic heterocycles. The summed E-state index contributed by atoms with van der Waals surface area (Å²) >= 11 is 0. The molecule has 8 nitrogen and oxygen atoms in total. The zero-order chi connectivity index (χ0) is 54.9. The summed E-state index contributed by atoms with van der Waals surface area (Å²) in [4.78, 5) is 25.6. The number of phosphoric acid groups is 1. The summed E-state index contributed by atoms with van der Waals surface area (Å²) in [7, 11) is 1.27. The maximum absolute atomic E-state index is 13.0. The largest absolute Gasteiger partial charge is 0.756 e. The molecule has 2 N–H and O–H groups in total. The number of carbonyl (C=O) groups is 1. The minimum absolute atomic E-state index is 0.000237. The Morgan fingerprint density at radius 3 is 1.12 bits per heavy atom. The third-order valence-corrected chi connectivity index (χ3v) is 15.7. The van der Waals surface area contributed by atoms with Crippen molar-refractivity contribution in [2.24, 2.45) is 0 Å². The fourth-order valence-corrected chi connectivity index (χ4v) is 10.4. The Hall–Kier alpha value is -1.54. The summed E-state index contributed by atoms with van der Waals surface area (Å²) in [5.74, 6) is -0.192. The number of amides is 1. The molecule has 0 aromatic rings. The van der Waals surface area contributed by atoms with E-state index in [2.05, 4.69) is 55.6 Å². The van der Waals surface area contributed by atoms with Gasteiger partial charge in [-0.05, 0) is 57.8 Å². The maximum atomic E-state index is 13.0. The monoisotopic (exact) mass is 1070 g/mol. The molecule has 0 radical (unpaired) electrons. The average Bonchev–Trinajstić information content (AvgIpc) is 3.37. The molecule has 442 valence electrons. The van der Waals surface area contributed by atoms with Gasteiger partial charge in [0.15, 0.2) is 0 Å². The van der Waals surface area contributed by atoms with Crippen LogP contribution in [0.2, 0.25) is 0 Å². The van der Waals surface area contributed by atoms with Crippen LogP contribution in [-0.4, -0.2) is 68.5 Å². The van der Waals surface area contributed by atoms with Gasteiger partial charge in [-0.3, -0.25) is 9.36 Å². The highest BCUT2D eigenvalue weighted by Crippen LogP contribution is 2.38. The summed E-state index contributed by atoms with van der Waals surface area (Å²) in [6.07, 6.45) is 76.4. The number of quaternary nitrogens is 1. The van der Waals surface area contributed by atoms with Crippen molar-refractivity contribution in [2.75, 3.05) is 40.9 Å². The number of nitrogens with zero attached hydrogens (tertiary/aromatic N) is 1. The minimum atomic E-state index is -4.60.